The number of rotatable bonds is 4. The molecule has 0 radical (unpaired) electrons. The number of phenols is 1. The Balaban J connectivity index is 2.84. The van der Waals surface area contributed by atoms with E-state index in [0.717, 1.165) is 0 Å². The molecule has 0 heterocycles. The molecule has 0 fully saturated rings. The van der Waals surface area contributed by atoms with Gasteiger partial charge in [0.2, 0.25) is 0 Å². The summed E-state index contributed by atoms with van der Waals surface area (Å²) in [4.78, 5) is 23.0. The number of esters is 1. The van der Waals surface area contributed by atoms with Crippen LogP contribution in [0.2, 0.25) is 0 Å². The minimum atomic E-state index is -0.618. The van der Waals surface area contributed by atoms with Crippen LogP contribution in [0.15, 0.2) is 18.2 Å². The maximum atomic E-state index is 11.8. The first-order valence-corrected chi connectivity index (χ1v) is 6.60. The van der Waals surface area contributed by atoms with Crippen molar-refractivity contribution in [2.75, 3.05) is 12.4 Å². The molecule has 0 bridgehead atoms. The second kappa shape index (κ2) is 6.97. The average molecular weight is 295 g/mol. The molecule has 0 spiro atoms. The molecule has 0 aromatic heterocycles. The molecule has 21 heavy (non-hydrogen) atoms. The predicted octanol–water partition coefficient (Wildman–Crippen LogP) is 2.84. The second-order valence-corrected chi connectivity index (χ2v) is 5.51. The summed E-state index contributed by atoms with van der Waals surface area (Å²) >= 11 is 0. The first-order valence-electron chi connectivity index (χ1n) is 6.60. The lowest BCUT2D eigenvalue weighted by molar-refractivity contribution is -0.140. The summed E-state index contributed by atoms with van der Waals surface area (Å²) in [6.07, 6.45) is -0.255. The zero-order chi connectivity index (χ0) is 16.0. The summed E-state index contributed by atoms with van der Waals surface area (Å²) in [7, 11) is 1.30. The van der Waals surface area contributed by atoms with Gasteiger partial charge >= 0.3 is 12.1 Å². The quantitative estimate of drug-likeness (QED) is 0.834. The Morgan fingerprint density at radius 1 is 1.29 bits per heavy atom. The summed E-state index contributed by atoms with van der Waals surface area (Å²) < 4.78 is 9.73. The SMILES string of the molecule is COC(=O)CCc1c(O)cccc1NC(=O)OC(C)(C)C. The highest BCUT2D eigenvalue weighted by Crippen LogP contribution is 2.27. The van der Waals surface area contributed by atoms with Crippen LogP contribution in [0.4, 0.5) is 10.5 Å². The lowest BCUT2D eigenvalue weighted by Crippen LogP contribution is -2.27. The van der Waals surface area contributed by atoms with Crippen LogP contribution in [0.5, 0.6) is 5.75 Å². The van der Waals surface area contributed by atoms with E-state index in [0.29, 0.717) is 11.3 Å². The van der Waals surface area contributed by atoms with Crippen molar-refractivity contribution < 1.29 is 24.2 Å². The number of hydrogen-bond donors (Lipinski definition) is 2. The largest absolute Gasteiger partial charge is 0.508 e. The van der Waals surface area contributed by atoms with Gasteiger partial charge in [-0.1, -0.05) is 6.07 Å². The van der Waals surface area contributed by atoms with E-state index in [1.54, 1.807) is 32.9 Å². The van der Waals surface area contributed by atoms with Crippen molar-refractivity contribution in [3.8, 4) is 5.75 Å². The van der Waals surface area contributed by atoms with Crippen LogP contribution in [0.1, 0.15) is 32.8 Å². The first-order chi connectivity index (χ1) is 9.73. The maximum absolute atomic E-state index is 11.8. The number of benzene rings is 1. The smallest absolute Gasteiger partial charge is 0.412 e. The van der Waals surface area contributed by atoms with E-state index in [-0.39, 0.29) is 24.6 Å². The molecule has 1 amide bonds. The van der Waals surface area contributed by atoms with Crippen LogP contribution in [-0.2, 0) is 20.7 Å². The van der Waals surface area contributed by atoms with Gasteiger partial charge in [0.15, 0.2) is 0 Å². The number of ether oxygens (including phenoxy) is 2. The molecule has 1 aromatic rings. The third kappa shape index (κ3) is 5.72. The molecule has 6 heteroatoms. The van der Waals surface area contributed by atoms with Gasteiger partial charge in [0.1, 0.15) is 11.4 Å². The van der Waals surface area contributed by atoms with Gasteiger partial charge in [-0.05, 0) is 39.3 Å². The first kappa shape index (κ1) is 16.8. The Hall–Kier alpha value is -2.24. The lowest BCUT2D eigenvalue weighted by atomic mass is 10.1. The van der Waals surface area contributed by atoms with Crippen molar-refractivity contribution in [1.29, 1.82) is 0 Å². The van der Waals surface area contributed by atoms with E-state index >= 15 is 0 Å². The fraction of sp³-hybridized carbons (Fsp3) is 0.467. The summed E-state index contributed by atoms with van der Waals surface area (Å²) in [5.74, 6) is -0.381. The zero-order valence-corrected chi connectivity index (χ0v) is 12.7. The Bertz CT molecular complexity index is 519. The summed E-state index contributed by atoms with van der Waals surface area (Å²) in [5, 5.41) is 12.5. The van der Waals surface area contributed by atoms with Crippen molar-refractivity contribution in [2.24, 2.45) is 0 Å². The van der Waals surface area contributed by atoms with E-state index in [2.05, 4.69) is 10.1 Å². The molecule has 0 aliphatic heterocycles. The summed E-state index contributed by atoms with van der Waals surface area (Å²) in [5.41, 5.74) is 0.259. The van der Waals surface area contributed by atoms with Gasteiger partial charge in [-0.15, -0.1) is 0 Å². The summed E-state index contributed by atoms with van der Waals surface area (Å²) in [6.45, 7) is 5.27. The van der Waals surface area contributed by atoms with E-state index in [4.69, 9.17) is 4.74 Å². The van der Waals surface area contributed by atoms with Gasteiger partial charge in [0.25, 0.3) is 0 Å². The lowest BCUT2D eigenvalue weighted by Gasteiger charge is -2.20. The van der Waals surface area contributed by atoms with E-state index in [9.17, 15) is 14.7 Å². The third-order valence-corrected chi connectivity index (χ3v) is 2.59. The molecule has 0 saturated heterocycles. The number of hydrogen-bond acceptors (Lipinski definition) is 5. The number of phenolic OH excluding ortho intramolecular Hbond substituents is 1. The topological polar surface area (TPSA) is 84.9 Å². The normalized spacial score (nSPS) is 10.9. The summed E-state index contributed by atoms with van der Waals surface area (Å²) in [6, 6.07) is 4.73. The highest BCUT2D eigenvalue weighted by molar-refractivity contribution is 5.86. The zero-order valence-electron chi connectivity index (χ0n) is 12.7. The Morgan fingerprint density at radius 3 is 2.52 bits per heavy atom. The number of amides is 1. The molecule has 6 nitrogen and oxygen atoms in total. The van der Waals surface area contributed by atoms with E-state index < -0.39 is 11.7 Å². The standard InChI is InChI=1S/C15H21NO5/c1-15(2,3)21-14(19)16-11-6-5-7-12(17)10(11)8-9-13(18)20-4/h5-7,17H,8-9H2,1-4H3,(H,16,19). The average Bonchev–Trinajstić information content (AvgIpc) is 2.35. The van der Waals surface area contributed by atoms with Crippen molar-refractivity contribution in [2.45, 2.75) is 39.2 Å². The Labute approximate surface area is 124 Å². The van der Waals surface area contributed by atoms with Crippen LogP contribution in [-0.4, -0.2) is 29.9 Å². The molecule has 0 atom stereocenters. The second-order valence-electron chi connectivity index (χ2n) is 5.51. The van der Waals surface area contributed by atoms with Gasteiger partial charge in [0, 0.05) is 12.0 Å². The van der Waals surface area contributed by atoms with Crippen LogP contribution < -0.4 is 5.32 Å². The third-order valence-electron chi connectivity index (χ3n) is 2.59. The fourth-order valence-corrected chi connectivity index (χ4v) is 1.70. The monoisotopic (exact) mass is 295 g/mol. The van der Waals surface area contributed by atoms with E-state index in [1.165, 1.54) is 13.2 Å². The van der Waals surface area contributed by atoms with Gasteiger partial charge in [-0.3, -0.25) is 10.1 Å². The van der Waals surface area contributed by atoms with Crippen molar-refractivity contribution in [3.05, 3.63) is 23.8 Å². The van der Waals surface area contributed by atoms with Gasteiger partial charge in [0.05, 0.1) is 12.8 Å². The van der Waals surface area contributed by atoms with Gasteiger partial charge in [-0.25, -0.2) is 4.79 Å². The molecular formula is C15H21NO5. The molecule has 0 unspecified atom stereocenters. The molecule has 0 aliphatic carbocycles. The number of anilines is 1. The highest BCUT2D eigenvalue weighted by atomic mass is 16.6. The van der Waals surface area contributed by atoms with Crippen LogP contribution in [0.25, 0.3) is 0 Å². The Morgan fingerprint density at radius 2 is 1.95 bits per heavy atom. The molecule has 2 N–H and O–H groups in total. The molecule has 0 saturated carbocycles. The van der Waals surface area contributed by atoms with Crippen molar-refractivity contribution in [3.63, 3.8) is 0 Å². The fourth-order valence-electron chi connectivity index (χ4n) is 1.70. The molecule has 1 rings (SSSR count). The highest BCUT2D eigenvalue weighted by Gasteiger charge is 2.18. The van der Waals surface area contributed by atoms with Gasteiger partial charge in [-0.2, -0.15) is 0 Å². The molecule has 116 valence electrons. The number of carbonyl (C=O) groups is 2. The van der Waals surface area contributed by atoms with E-state index in [1.807, 2.05) is 0 Å². The molecule has 0 aliphatic rings. The number of aromatic hydroxyl groups is 1. The van der Waals surface area contributed by atoms with Crippen LogP contribution in [0, 0.1) is 0 Å². The van der Waals surface area contributed by atoms with Gasteiger partial charge < -0.3 is 14.6 Å². The number of nitrogens with one attached hydrogen (secondary N) is 1. The van der Waals surface area contributed by atoms with Crippen LogP contribution in [0.3, 0.4) is 0 Å². The predicted molar refractivity (Wildman–Crippen MR) is 78.3 cm³/mol. The van der Waals surface area contributed by atoms with Crippen molar-refractivity contribution in [1.82, 2.24) is 0 Å². The Kier molecular flexibility index (Phi) is 5.58. The minimum Gasteiger partial charge on any atom is -0.508 e. The van der Waals surface area contributed by atoms with Crippen molar-refractivity contribution >= 4 is 17.7 Å². The number of methoxy groups -OCH3 is 1. The van der Waals surface area contributed by atoms with Crippen LogP contribution >= 0.6 is 0 Å². The maximum Gasteiger partial charge on any atom is 0.412 e. The minimum absolute atomic E-state index is 0.00691. The molecular weight excluding hydrogens is 274 g/mol. The number of carbonyl (C=O) groups excluding carboxylic acids is 2. The molecule has 1 aromatic carbocycles.